The molecule has 3 aromatic rings. The van der Waals surface area contributed by atoms with E-state index < -0.39 is 0 Å². The van der Waals surface area contributed by atoms with Gasteiger partial charge in [-0.3, -0.25) is 14.2 Å². The van der Waals surface area contributed by atoms with E-state index in [9.17, 15) is 9.59 Å². The molecule has 152 valence electrons. The number of carbonyl (C=O) groups is 1. The summed E-state index contributed by atoms with van der Waals surface area (Å²) in [4.78, 5) is 32.4. The summed E-state index contributed by atoms with van der Waals surface area (Å²) < 4.78 is 7.00. The Labute approximate surface area is 177 Å². The maximum atomic E-state index is 13.2. The first kappa shape index (κ1) is 20.1. The van der Waals surface area contributed by atoms with Gasteiger partial charge in [-0.25, -0.2) is 4.98 Å². The Hall–Kier alpha value is -3.15. The first-order chi connectivity index (χ1) is 14.6. The van der Waals surface area contributed by atoms with Crippen LogP contribution in [0.3, 0.4) is 0 Å². The molecule has 1 unspecified atom stereocenters. The number of rotatable bonds is 4. The number of amides is 1. The monoisotopic (exact) mass is 420 g/mol. The van der Waals surface area contributed by atoms with Gasteiger partial charge in [0, 0.05) is 13.1 Å². The quantitative estimate of drug-likeness (QED) is 0.476. The molecule has 1 fully saturated rings. The maximum absolute atomic E-state index is 13.2. The molecule has 0 bridgehead atoms. The molecule has 8 heteroatoms. The third kappa shape index (κ3) is 4.08. The zero-order valence-corrected chi connectivity index (χ0v) is 17.3. The summed E-state index contributed by atoms with van der Waals surface area (Å²) in [7, 11) is 0. The lowest BCUT2D eigenvalue weighted by atomic mass is 10.2. The second-order valence-corrected chi connectivity index (χ2v) is 7.96. The predicted octanol–water partition coefficient (Wildman–Crippen LogP) is 2.60. The number of fused-ring (bicyclic) bond motifs is 1. The van der Waals surface area contributed by atoms with Gasteiger partial charge in [-0.05, 0) is 43.3 Å². The molecule has 0 saturated carbocycles. The van der Waals surface area contributed by atoms with E-state index >= 15 is 0 Å². The highest BCUT2D eigenvalue weighted by molar-refractivity contribution is 7.99. The molecule has 0 aliphatic carbocycles. The smallest absolute Gasteiger partial charge is 0.266 e. The molecular formula is C22H20N4O3S. The highest BCUT2D eigenvalue weighted by Crippen LogP contribution is 2.22. The molecule has 1 aliphatic heterocycles. The third-order valence-corrected chi connectivity index (χ3v) is 5.84. The number of aromatic nitrogens is 2. The molecule has 0 N–H and O–H groups in total. The molecule has 2 aromatic carbocycles. The summed E-state index contributed by atoms with van der Waals surface area (Å²) in [6, 6.07) is 16.0. The van der Waals surface area contributed by atoms with Crippen LogP contribution in [0.15, 0.2) is 58.5 Å². The maximum Gasteiger partial charge on any atom is 0.266 e. The van der Waals surface area contributed by atoms with Crippen molar-refractivity contribution in [1.82, 2.24) is 14.5 Å². The number of para-hydroxylation sites is 1. The van der Waals surface area contributed by atoms with E-state index in [1.54, 1.807) is 47.4 Å². The zero-order valence-electron chi connectivity index (χ0n) is 16.4. The Morgan fingerprint density at radius 3 is 2.77 bits per heavy atom. The first-order valence-electron chi connectivity index (χ1n) is 9.61. The largest absolute Gasteiger partial charge is 0.375 e. The van der Waals surface area contributed by atoms with Crippen molar-refractivity contribution in [3.63, 3.8) is 0 Å². The number of hydrogen-bond donors (Lipinski definition) is 0. The average Bonchev–Trinajstić information content (AvgIpc) is 2.78. The fraction of sp³-hybridized carbons (Fsp3) is 0.273. The first-order valence-corrected chi connectivity index (χ1v) is 10.6. The van der Waals surface area contributed by atoms with Crippen LogP contribution in [0.2, 0.25) is 0 Å². The van der Waals surface area contributed by atoms with E-state index in [1.807, 2.05) is 13.0 Å². The summed E-state index contributed by atoms with van der Waals surface area (Å²) in [5.41, 5.74) is 1.49. The van der Waals surface area contributed by atoms with E-state index in [2.05, 4.69) is 11.1 Å². The topological polar surface area (TPSA) is 88.2 Å². The van der Waals surface area contributed by atoms with Crippen molar-refractivity contribution >= 4 is 28.6 Å². The van der Waals surface area contributed by atoms with Crippen LogP contribution < -0.4 is 5.56 Å². The zero-order chi connectivity index (χ0) is 21.1. The summed E-state index contributed by atoms with van der Waals surface area (Å²) in [6.07, 6.45) is 0.0170. The minimum atomic E-state index is -0.208. The predicted molar refractivity (Wildman–Crippen MR) is 115 cm³/mol. The second-order valence-electron chi connectivity index (χ2n) is 7.02. The van der Waals surface area contributed by atoms with Crippen LogP contribution in [0, 0.1) is 11.3 Å². The second kappa shape index (κ2) is 8.69. The third-order valence-electron chi connectivity index (χ3n) is 4.92. The van der Waals surface area contributed by atoms with Crippen LogP contribution in [0.4, 0.5) is 0 Å². The van der Waals surface area contributed by atoms with E-state index in [0.29, 0.717) is 47.0 Å². The average molecular weight is 420 g/mol. The number of carbonyl (C=O) groups excluding carboxylic acids is 1. The lowest BCUT2D eigenvalue weighted by molar-refractivity contribution is -0.135. The molecule has 2 heterocycles. The van der Waals surface area contributed by atoms with Crippen molar-refractivity contribution < 1.29 is 9.53 Å². The highest BCUT2D eigenvalue weighted by atomic mass is 32.2. The lowest BCUT2D eigenvalue weighted by Crippen LogP contribution is -2.45. The number of ether oxygens (including phenoxy) is 1. The molecular weight excluding hydrogens is 400 g/mol. The molecule has 1 amide bonds. The highest BCUT2D eigenvalue weighted by Gasteiger charge is 2.22. The molecule has 1 aromatic heterocycles. The SMILES string of the molecule is CC1CN(C(=O)CSc2nc3ccccc3c(=O)n2-c2ccc(C#N)cc2)CCO1. The summed E-state index contributed by atoms with van der Waals surface area (Å²) in [5.74, 6) is 0.164. The van der Waals surface area contributed by atoms with Crippen LogP contribution in [-0.4, -0.2) is 51.9 Å². The normalized spacial score (nSPS) is 16.4. The van der Waals surface area contributed by atoms with Gasteiger partial charge in [-0.2, -0.15) is 5.26 Å². The Morgan fingerprint density at radius 1 is 1.27 bits per heavy atom. The number of thioether (sulfide) groups is 1. The minimum absolute atomic E-state index is 0.0102. The van der Waals surface area contributed by atoms with E-state index in [4.69, 9.17) is 10.00 Å². The Bertz CT molecular complexity index is 1180. The van der Waals surface area contributed by atoms with Gasteiger partial charge in [0.05, 0.1) is 46.7 Å². The number of hydrogen-bond acceptors (Lipinski definition) is 6. The van der Waals surface area contributed by atoms with Gasteiger partial charge < -0.3 is 9.64 Å². The van der Waals surface area contributed by atoms with Gasteiger partial charge in [0.25, 0.3) is 5.56 Å². The molecule has 1 atom stereocenters. The minimum Gasteiger partial charge on any atom is -0.375 e. The number of nitrogens with zero attached hydrogens (tertiary/aromatic N) is 4. The molecule has 0 spiro atoms. The van der Waals surface area contributed by atoms with Gasteiger partial charge >= 0.3 is 0 Å². The van der Waals surface area contributed by atoms with Crippen LogP contribution >= 0.6 is 11.8 Å². The van der Waals surface area contributed by atoms with Gasteiger partial charge in [0.2, 0.25) is 5.91 Å². The summed E-state index contributed by atoms with van der Waals surface area (Å²) >= 11 is 1.24. The van der Waals surface area contributed by atoms with Crippen molar-refractivity contribution in [1.29, 1.82) is 5.26 Å². The summed E-state index contributed by atoms with van der Waals surface area (Å²) in [5, 5.41) is 9.99. The van der Waals surface area contributed by atoms with Crippen molar-refractivity contribution in [3.05, 3.63) is 64.4 Å². The Morgan fingerprint density at radius 2 is 2.03 bits per heavy atom. The molecule has 1 saturated heterocycles. The van der Waals surface area contributed by atoms with E-state index in [0.717, 1.165) is 0 Å². The van der Waals surface area contributed by atoms with E-state index in [-0.39, 0.29) is 23.3 Å². The summed E-state index contributed by atoms with van der Waals surface area (Å²) in [6.45, 7) is 3.60. The molecule has 30 heavy (non-hydrogen) atoms. The standard InChI is InChI=1S/C22H20N4O3S/c1-15-13-25(10-11-29-15)20(27)14-30-22-24-19-5-3-2-4-18(19)21(28)26(22)17-8-6-16(12-23)7-9-17/h2-9,15H,10-11,13-14H2,1H3. The number of nitriles is 1. The van der Waals surface area contributed by atoms with Gasteiger partial charge in [0.15, 0.2) is 5.16 Å². The molecule has 7 nitrogen and oxygen atoms in total. The van der Waals surface area contributed by atoms with Gasteiger partial charge in [-0.15, -0.1) is 0 Å². The lowest BCUT2D eigenvalue weighted by Gasteiger charge is -2.31. The molecule has 4 rings (SSSR count). The van der Waals surface area contributed by atoms with Crippen molar-refractivity contribution in [2.75, 3.05) is 25.4 Å². The van der Waals surface area contributed by atoms with Crippen LogP contribution in [0.25, 0.3) is 16.6 Å². The Kier molecular flexibility index (Phi) is 5.84. The fourth-order valence-corrected chi connectivity index (χ4v) is 4.30. The van der Waals surface area contributed by atoms with Crippen LogP contribution in [-0.2, 0) is 9.53 Å². The van der Waals surface area contributed by atoms with Crippen LogP contribution in [0.1, 0.15) is 12.5 Å². The molecule has 1 aliphatic rings. The number of morpholine rings is 1. The van der Waals surface area contributed by atoms with Crippen molar-refractivity contribution in [3.8, 4) is 11.8 Å². The van der Waals surface area contributed by atoms with Crippen LogP contribution in [0.5, 0.6) is 0 Å². The fourth-order valence-electron chi connectivity index (χ4n) is 3.38. The van der Waals surface area contributed by atoms with Crippen molar-refractivity contribution in [2.24, 2.45) is 0 Å². The van der Waals surface area contributed by atoms with Gasteiger partial charge in [-0.1, -0.05) is 23.9 Å². The molecule has 0 radical (unpaired) electrons. The van der Waals surface area contributed by atoms with Gasteiger partial charge in [0.1, 0.15) is 0 Å². The number of benzene rings is 2. The van der Waals surface area contributed by atoms with E-state index in [1.165, 1.54) is 16.3 Å². The Balaban J connectivity index is 1.69. The van der Waals surface area contributed by atoms with Crippen molar-refractivity contribution in [2.45, 2.75) is 18.2 Å².